The van der Waals surface area contributed by atoms with Crippen molar-refractivity contribution >= 4 is 22.0 Å². The molecule has 7 heteroatoms. The van der Waals surface area contributed by atoms with E-state index in [9.17, 15) is 4.79 Å². The molecule has 1 amide bonds. The first-order valence-corrected chi connectivity index (χ1v) is 6.13. The zero-order chi connectivity index (χ0) is 12.4. The first-order valence-electron chi connectivity index (χ1n) is 5.33. The predicted molar refractivity (Wildman–Crippen MR) is 62.2 cm³/mol. The van der Waals surface area contributed by atoms with Gasteiger partial charge in [0.15, 0.2) is 5.76 Å². The molecule has 1 fully saturated rings. The number of carbonyl (C=O) groups is 1. The van der Waals surface area contributed by atoms with Crippen LogP contribution in [0.25, 0.3) is 0 Å². The third-order valence-electron chi connectivity index (χ3n) is 2.80. The standard InChI is InChI=1S/C10H13BrN2O4/c1-6-8(11)9(12-17-6)16-5-7-3-2-4-13(7)10(14)15/h7H,2-5H2,1H3,(H,14,15). The lowest BCUT2D eigenvalue weighted by molar-refractivity contribution is 0.121. The van der Waals surface area contributed by atoms with Crippen molar-refractivity contribution in [2.45, 2.75) is 25.8 Å². The van der Waals surface area contributed by atoms with Gasteiger partial charge in [-0.15, -0.1) is 0 Å². The Morgan fingerprint density at radius 3 is 3.12 bits per heavy atom. The smallest absolute Gasteiger partial charge is 0.407 e. The molecule has 0 bridgehead atoms. The highest BCUT2D eigenvalue weighted by atomic mass is 79.9. The monoisotopic (exact) mass is 304 g/mol. The molecular weight excluding hydrogens is 292 g/mol. The van der Waals surface area contributed by atoms with Crippen molar-refractivity contribution in [3.8, 4) is 5.88 Å². The lowest BCUT2D eigenvalue weighted by Gasteiger charge is -2.20. The van der Waals surface area contributed by atoms with Crippen molar-refractivity contribution in [1.82, 2.24) is 10.1 Å². The van der Waals surface area contributed by atoms with Gasteiger partial charge in [0, 0.05) is 6.54 Å². The van der Waals surface area contributed by atoms with Crippen LogP contribution in [0.15, 0.2) is 9.00 Å². The Bertz CT molecular complexity index is 420. The first kappa shape index (κ1) is 12.2. The molecule has 1 atom stereocenters. The van der Waals surface area contributed by atoms with Crippen LogP contribution < -0.4 is 4.74 Å². The fraction of sp³-hybridized carbons (Fsp3) is 0.600. The van der Waals surface area contributed by atoms with E-state index in [4.69, 9.17) is 14.4 Å². The fourth-order valence-corrected chi connectivity index (χ4v) is 2.13. The Kier molecular flexibility index (Phi) is 3.56. The van der Waals surface area contributed by atoms with Crippen LogP contribution in [0.1, 0.15) is 18.6 Å². The summed E-state index contributed by atoms with van der Waals surface area (Å²) in [5, 5.41) is 12.7. The summed E-state index contributed by atoms with van der Waals surface area (Å²) in [7, 11) is 0. The van der Waals surface area contributed by atoms with Crippen molar-refractivity contribution in [3.63, 3.8) is 0 Å². The maximum atomic E-state index is 10.9. The SMILES string of the molecule is Cc1onc(OCC2CCCN2C(=O)O)c1Br. The molecular formula is C10H13BrN2O4. The van der Waals surface area contributed by atoms with Crippen LogP contribution in [-0.4, -0.2) is 40.4 Å². The largest absolute Gasteiger partial charge is 0.473 e. The molecule has 0 saturated carbocycles. The molecule has 1 saturated heterocycles. The Morgan fingerprint density at radius 2 is 2.53 bits per heavy atom. The number of aromatic nitrogens is 1. The second-order valence-corrected chi connectivity index (χ2v) is 4.73. The van der Waals surface area contributed by atoms with Gasteiger partial charge in [-0.2, -0.15) is 0 Å². The lowest BCUT2D eigenvalue weighted by atomic mass is 10.2. The number of hydrogen-bond acceptors (Lipinski definition) is 4. The topological polar surface area (TPSA) is 75.8 Å². The van der Waals surface area contributed by atoms with Crippen LogP contribution in [0, 0.1) is 6.92 Å². The zero-order valence-corrected chi connectivity index (χ0v) is 10.9. The molecule has 94 valence electrons. The number of halogens is 1. The van der Waals surface area contributed by atoms with E-state index in [2.05, 4.69) is 21.1 Å². The number of hydrogen-bond donors (Lipinski definition) is 1. The van der Waals surface area contributed by atoms with E-state index in [-0.39, 0.29) is 6.04 Å². The molecule has 1 unspecified atom stereocenters. The Morgan fingerprint density at radius 1 is 1.76 bits per heavy atom. The first-order chi connectivity index (χ1) is 8.09. The van der Waals surface area contributed by atoms with Gasteiger partial charge in [-0.05, 0) is 40.9 Å². The van der Waals surface area contributed by atoms with Crippen molar-refractivity contribution in [2.75, 3.05) is 13.2 Å². The van der Waals surface area contributed by atoms with E-state index in [0.29, 0.717) is 29.3 Å². The normalized spacial score (nSPS) is 19.6. The van der Waals surface area contributed by atoms with E-state index < -0.39 is 6.09 Å². The number of carboxylic acid groups (broad SMARTS) is 1. The number of aryl methyl sites for hydroxylation is 1. The van der Waals surface area contributed by atoms with Gasteiger partial charge in [-0.25, -0.2) is 4.79 Å². The summed E-state index contributed by atoms with van der Waals surface area (Å²) in [6.45, 7) is 2.64. The Balaban J connectivity index is 1.94. The molecule has 6 nitrogen and oxygen atoms in total. The Hall–Kier alpha value is -1.24. The molecule has 1 N–H and O–H groups in total. The number of amides is 1. The van der Waals surface area contributed by atoms with Gasteiger partial charge in [0.05, 0.1) is 6.04 Å². The van der Waals surface area contributed by atoms with Gasteiger partial charge >= 0.3 is 6.09 Å². The average molecular weight is 305 g/mol. The van der Waals surface area contributed by atoms with Crippen molar-refractivity contribution in [3.05, 3.63) is 10.2 Å². The van der Waals surface area contributed by atoms with E-state index in [1.807, 2.05) is 0 Å². The molecule has 2 rings (SSSR count). The van der Waals surface area contributed by atoms with E-state index in [1.165, 1.54) is 4.90 Å². The lowest BCUT2D eigenvalue weighted by Crippen LogP contribution is -2.38. The molecule has 1 aliphatic heterocycles. The third kappa shape index (κ3) is 2.54. The quantitative estimate of drug-likeness (QED) is 0.927. The minimum absolute atomic E-state index is 0.101. The molecule has 17 heavy (non-hydrogen) atoms. The molecule has 0 aromatic carbocycles. The number of nitrogens with zero attached hydrogens (tertiary/aromatic N) is 2. The summed E-state index contributed by atoms with van der Waals surface area (Å²) in [5.74, 6) is 1.02. The summed E-state index contributed by atoms with van der Waals surface area (Å²) in [6.07, 6.45) is 0.798. The summed E-state index contributed by atoms with van der Waals surface area (Å²) in [4.78, 5) is 12.3. The zero-order valence-electron chi connectivity index (χ0n) is 9.35. The van der Waals surface area contributed by atoms with Gasteiger partial charge in [0.25, 0.3) is 5.88 Å². The van der Waals surface area contributed by atoms with Crippen LogP contribution in [0.5, 0.6) is 5.88 Å². The highest BCUT2D eigenvalue weighted by Gasteiger charge is 2.29. The molecule has 0 radical (unpaired) electrons. The van der Waals surface area contributed by atoms with Crippen molar-refractivity contribution in [2.24, 2.45) is 0 Å². The van der Waals surface area contributed by atoms with Crippen molar-refractivity contribution < 1.29 is 19.2 Å². The van der Waals surface area contributed by atoms with E-state index in [0.717, 1.165) is 12.8 Å². The van der Waals surface area contributed by atoms with Crippen LogP contribution >= 0.6 is 15.9 Å². The highest BCUT2D eigenvalue weighted by molar-refractivity contribution is 9.10. The summed E-state index contributed by atoms with van der Waals surface area (Å²) >= 11 is 3.29. The second-order valence-electron chi connectivity index (χ2n) is 3.94. The van der Waals surface area contributed by atoms with Crippen molar-refractivity contribution in [1.29, 1.82) is 0 Å². The summed E-state index contributed by atoms with van der Waals surface area (Å²) in [5.41, 5.74) is 0. The molecule has 0 spiro atoms. The van der Waals surface area contributed by atoms with E-state index in [1.54, 1.807) is 6.92 Å². The minimum atomic E-state index is -0.897. The van der Waals surface area contributed by atoms with Crippen LogP contribution in [-0.2, 0) is 0 Å². The molecule has 1 aliphatic rings. The number of rotatable bonds is 3. The number of likely N-dealkylation sites (tertiary alicyclic amines) is 1. The summed E-state index contributed by atoms with van der Waals surface area (Å²) < 4.78 is 11.1. The second kappa shape index (κ2) is 4.95. The fourth-order valence-electron chi connectivity index (χ4n) is 1.87. The summed E-state index contributed by atoms with van der Waals surface area (Å²) in [6, 6.07) is -0.101. The maximum absolute atomic E-state index is 10.9. The predicted octanol–water partition coefficient (Wildman–Crippen LogP) is 2.27. The molecule has 0 aliphatic carbocycles. The van der Waals surface area contributed by atoms with Gasteiger partial charge < -0.3 is 19.3 Å². The molecule has 2 heterocycles. The Labute approximate surface area is 107 Å². The third-order valence-corrected chi connectivity index (χ3v) is 3.70. The molecule has 1 aromatic heterocycles. The van der Waals surface area contributed by atoms with Crippen LogP contribution in [0.3, 0.4) is 0 Å². The van der Waals surface area contributed by atoms with Gasteiger partial charge in [0.1, 0.15) is 11.1 Å². The highest BCUT2D eigenvalue weighted by Crippen LogP contribution is 2.28. The molecule has 1 aromatic rings. The minimum Gasteiger partial charge on any atom is -0.473 e. The maximum Gasteiger partial charge on any atom is 0.407 e. The van der Waals surface area contributed by atoms with Crippen LogP contribution in [0.2, 0.25) is 0 Å². The van der Waals surface area contributed by atoms with Gasteiger partial charge in [-0.1, -0.05) is 0 Å². The van der Waals surface area contributed by atoms with Crippen LogP contribution in [0.4, 0.5) is 4.79 Å². The average Bonchev–Trinajstić information content (AvgIpc) is 2.86. The van der Waals surface area contributed by atoms with E-state index >= 15 is 0 Å². The van der Waals surface area contributed by atoms with Gasteiger partial charge in [-0.3, -0.25) is 0 Å². The van der Waals surface area contributed by atoms with Gasteiger partial charge in [0.2, 0.25) is 0 Å². The number of ether oxygens (including phenoxy) is 1.